The van der Waals surface area contributed by atoms with E-state index in [2.05, 4.69) is 59.7 Å². The van der Waals surface area contributed by atoms with E-state index in [1.165, 1.54) is 44.3 Å². The summed E-state index contributed by atoms with van der Waals surface area (Å²) in [4.78, 5) is 7.55. The van der Waals surface area contributed by atoms with Gasteiger partial charge >= 0.3 is 0 Å². The Kier molecular flexibility index (Phi) is 10.7. The van der Waals surface area contributed by atoms with Gasteiger partial charge in [0.15, 0.2) is 5.96 Å². The minimum atomic E-state index is 0. The summed E-state index contributed by atoms with van der Waals surface area (Å²) >= 11 is 0. The third kappa shape index (κ3) is 7.72. The summed E-state index contributed by atoms with van der Waals surface area (Å²) in [7, 11) is 0. The Bertz CT molecular complexity index is 600. The Morgan fingerprint density at radius 1 is 1.14 bits per heavy atom. The summed E-state index contributed by atoms with van der Waals surface area (Å²) in [6, 6.07) is 11.3. The van der Waals surface area contributed by atoms with E-state index in [0.29, 0.717) is 11.5 Å². The van der Waals surface area contributed by atoms with Crippen LogP contribution < -0.4 is 10.6 Å². The number of ether oxygens (including phenoxy) is 1. The Hall–Kier alpha value is -0.860. The van der Waals surface area contributed by atoms with Crippen LogP contribution in [0.15, 0.2) is 35.3 Å². The van der Waals surface area contributed by atoms with Gasteiger partial charge in [0.05, 0.1) is 6.04 Å². The van der Waals surface area contributed by atoms with Crippen molar-refractivity contribution in [3.05, 3.63) is 35.9 Å². The molecule has 3 rings (SSSR count). The van der Waals surface area contributed by atoms with Crippen molar-refractivity contribution in [1.29, 1.82) is 0 Å². The zero-order valence-corrected chi connectivity index (χ0v) is 20.5. The van der Waals surface area contributed by atoms with Crippen LogP contribution in [0.5, 0.6) is 0 Å². The lowest BCUT2D eigenvalue weighted by atomic mass is 10.0. The van der Waals surface area contributed by atoms with Gasteiger partial charge < -0.3 is 15.4 Å². The van der Waals surface area contributed by atoms with Gasteiger partial charge in [-0.2, -0.15) is 0 Å². The molecular weight excluding hydrogens is 475 g/mol. The number of benzene rings is 1. The standard InChI is InChI=1S/C23H38N4O.HI/c1-3-24-22(26-19-23(12-13-23)14-17-28-4-2)25-18-21(27-15-8-9-16-27)20-10-6-5-7-11-20;/h5-7,10-11,21H,3-4,8-9,12-19H2,1-2H3,(H2,24,25,26);1H. The number of halogens is 1. The summed E-state index contributed by atoms with van der Waals surface area (Å²) in [5.74, 6) is 0.949. The van der Waals surface area contributed by atoms with Crippen LogP contribution in [0, 0.1) is 5.41 Å². The van der Waals surface area contributed by atoms with E-state index >= 15 is 0 Å². The topological polar surface area (TPSA) is 48.9 Å². The predicted molar refractivity (Wildman–Crippen MR) is 132 cm³/mol. The van der Waals surface area contributed by atoms with E-state index in [9.17, 15) is 0 Å². The molecule has 5 nitrogen and oxygen atoms in total. The van der Waals surface area contributed by atoms with Crippen LogP contribution in [0.4, 0.5) is 0 Å². The average Bonchev–Trinajstić information content (AvgIpc) is 3.28. The molecule has 1 atom stereocenters. The van der Waals surface area contributed by atoms with Crippen molar-refractivity contribution in [3.63, 3.8) is 0 Å². The molecule has 6 heteroatoms. The lowest BCUT2D eigenvalue weighted by Crippen LogP contribution is -2.43. The molecule has 1 aromatic rings. The highest BCUT2D eigenvalue weighted by atomic mass is 127. The summed E-state index contributed by atoms with van der Waals surface area (Å²) in [6.45, 7) is 10.9. The zero-order chi connectivity index (χ0) is 19.7. The molecule has 1 saturated heterocycles. The van der Waals surface area contributed by atoms with E-state index in [0.717, 1.165) is 45.2 Å². The van der Waals surface area contributed by atoms with E-state index in [1.54, 1.807) is 0 Å². The molecule has 2 fully saturated rings. The fourth-order valence-electron chi connectivity index (χ4n) is 4.07. The van der Waals surface area contributed by atoms with Gasteiger partial charge in [0.2, 0.25) is 0 Å². The number of rotatable bonds is 11. The first-order chi connectivity index (χ1) is 13.8. The Morgan fingerprint density at radius 2 is 1.86 bits per heavy atom. The van der Waals surface area contributed by atoms with Crippen LogP contribution >= 0.6 is 24.0 Å². The highest BCUT2D eigenvalue weighted by Gasteiger charge is 2.41. The molecule has 0 amide bonds. The smallest absolute Gasteiger partial charge is 0.191 e. The molecule has 1 unspecified atom stereocenters. The maximum absolute atomic E-state index is 5.56. The van der Waals surface area contributed by atoms with Crippen LogP contribution in [0.1, 0.15) is 57.6 Å². The molecule has 1 aromatic carbocycles. The molecule has 164 valence electrons. The van der Waals surface area contributed by atoms with Gasteiger partial charge in [-0.05, 0) is 70.0 Å². The molecular formula is C23H39IN4O. The second-order valence-corrected chi connectivity index (χ2v) is 8.19. The van der Waals surface area contributed by atoms with Gasteiger partial charge in [-0.15, -0.1) is 24.0 Å². The Labute approximate surface area is 194 Å². The minimum Gasteiger partial charge on any atom is -0.382 e. The van der Waals surface area contributed by atoms with Crippen molar-refractivity contribution < 1.29 is 4.74 Å². The van der Waals surface area contributed by atoms with Crippen molar-refractivity contribution >= 4 is 29.9 Å². The molecule has 0 aromatic heterocycles. The summed E-state index contributed by atoms with van der Waals surface area (Å²) in [6.07, 6.45) is 6.30. The van der Waals surface area contributed by atoms with Gasteiger partial charge in [-0.1, -0.05) is 30.3 Å². The molecule has 1 aliphatic carbocycles. The van der Waals surface area contributed by atoms with Crippen molar-refractivity contribution in [2.75, 3.05) is 45.9 Å². The van der Waals surface area contributed by atoms with Gasteiger partial charge in [0.1, 0.15) is 0 Å². The van der Waals surface area contributed by atoms with E-state index in [4.69, 9.17) is 9.73 Å². The number of aliphatic imine (C=N–C) groups is 1. The normalized spacial score (nSPS) is 19.4. The maximum Gasteiger partial charge on any atom is 0.191 e. The molecule has 0 spiro atoms. The second kappa shape index (κ2) is 12.7. The number of likely N-dealkylation sites (tertiary alicyclic amines) is 1. The average molecular weight is 514 g/mol. The molecule has 1 heterocycles. The summed E-state index contributed by atoms with van der Waals surface area (Å²) in [5, 5.41) is 7.07. The number of hydrogen-bond acceptors (Lipinski definition) is 3. The lowest BCUT2D eigenvalue weighted by molar-refractivity contribution is 0.129. The van der Waals surface area contributed by atoms with Gasteiger partial charge in [-0.3, -0.25) is 9.89 Å². The van der Waals surface area contributed by atoms with E-state index < -0.39 is 0 Å². The first kappa shape index (κ1) is 24.4. The van der Waals surface area contributed by atoms with Crippen molar-refractivity contribution in [3.8, 4) is 0 Å². The molecule has 29 heavy (non-hydrogen) atoms. The Balaban J connectivity index is 0.00000300. The maximum atomic E-state index is 5.56. The largest absolute Gasteiger partial charge is 0.382 e. The number of nitrogens with one attached hydrogen (secondary N) is 2. The van der Waals surface area contributed by atoms with Crippen LogP contribution in [-0.4, -0.2) is 56.8 Å². The second-order valence-electron chi connectivity index (χ2n) is 8.19. The molecule has 2 N–H and O–H groups in total. The monoisotopic (exact) mass is 514 g/mol. The minimum absolute atomic E-state index is 0. The van der Waals surface area contributed by atoms with E-state index in [-0.39, 0.29) is 24.0 Å². The van der Waals surface area contributed by atoms with Gasteiger partial charge in [-0.25, -0.2) is 0 Å². The van der Waals surface area contributed by atoms with Crippen molar-refractivity contribution in [2.24, 2.45) is 10.4 Å². The summed E-state index contributed by atoms with van der Waals surface area (Å²) < 4.78 is 5.56. The Morgan fingerprint density at radius 3 is 2.48 bits per heavy atom. The molecule has 2 aliphatic rings. The van der Waals surface area contributed by atoms with E-state index in [1.807, 2.05) is 0 Å². The molecule has 1 aliphatic heterocycles. The predicted octanol–water partition coefficient (Wildman–Crippen LogP) is 4.20. The van der Waals surface area contributed by atoms with Gasteiger partial charge in [0, 0.05) is 32.8 Å². The fraction of sp³-hybridized carbons (Fsp3) is 0.696. The van der Waals surface area contributed by atoms with Crippen LogP contribution in [0.25, 0.3) is 0 Å². The van der Waals surface area contributed by atoms with Crippen LogP contribution in [-0.2, 0) is 4.74 Å². The first-order valence-corrected chi connectivity index (χ1v) is 11.2. The first-order valence-electron chi connectivity index (χ1n) is 11.2. The number of guanidine groups is 1. The number of nitrogens with zero attached hydrogens (tertiary/aromatic N) is 2. The van der Waals surface area contributed by atoms with Crippen LogP contribution in [0.3, 0.4) is 0 Å². The molecule has 0 bridgehead atoms. The molecule has 0 radical (unpaired) electrons. The van der Waals surface area contributed by atoms with Gasteiger partial charge in [0.25, 0.3) is 0 Å². The van der Waals surface area contributed by atoms with Crippen LogP contribution in [0.2, 0.25) is 0 Å². The third-order valence-electron chi connectivity index (χ3n) is 6.08. The SMILES string of the molecule is CCNC(=NCC1(CCOCC)CC1)NCC(c1ccccc1)N1CCCC1.I. The third-order valence-corrected chi connectivity index (χ3v) is 6.08. The van der Waals surface area contributed by atoms with Crippen molar-refractivity contribution in [2.45, 2.75) is 52.0 Å². The molecule has 1 saturated carbocycles. The zero-order valence-electron chi connectivity index (χ0n) is 18.2. The highest BCUT2D eigenvalue weighted by Crippen LogP contribution is 2.49. The quantitative estimate of drug-likeness (QED) is 0.201. The number of hydrogen-bond donors (Lipinski definition) is 2. The van der Waals surface area contributed by atoms with Crippen molar-refractivity contribution in [1.82, 2.24) is 15.5 Å². The highest BCUT2D eigenvalue weighted by molar-refractivity contribution is 14.0. The summed E-state index contributed by atoms with van der Waals surface area (Å²) in [5.41, 5.74) is 1.77. The lowest BCUT2D eigenvalue weighted by Gasteiger charge is -2.29. The fourth-order valence-corrected chi connectivity index (χ4v) is 4.07.